The van der Waals surface area contributed by atoms with E-state index >= 15 is 0 Å². The summed E-state index contributed by atoms with van der Waals surface area (Å²) >= 11 is 0. The van der Waals surface area contributed by atoms with Crippen molar-refractivity contribution in [3.05, 3.63) is 0 Å². The molecule has 2 aliphatic rings. The van der Waals surface area contributed by atoms with E-state index in [0.29, 0.717) is 5.92 Å². The van der Waals surface area contributed by atoms with Crippen LogP contribution in [-0.4, -0.2) is 11.2 Å². The van der Waals surface area contributed by atoms with Gasteiger partial charge in [0.1, 0.15) is 0 Å². The minimum atomic E-state index is -0.0460. The van der Waals surface area contributed by atoms with Gasteiger partial charge >= 0.3 is 0 Å². The number of aliphatic hydroxyl groups excluding tert-OH is 1. The molecule has 0 spiro atoms. The predicted octanol–water partition coefficient (Wildman–Crippen LogP) is 1.80. The van der Waals surface area contributed by atoms with Gasteiger partial charge in [-0.2, -0.15) is 0 Å². The van der Waals surface area contributed by atoms with E-state index in [1.807, 2.05) is 6.92 Å². The van der Waals surface area contributed by atoms with Gasteiger partial charge in [-0.15, -0.1) is 0 Å². The molecule has 0 heterocycles. The summed E-state index contributed by atoms with van der Waals surface area (Å²) in [6.07, 6.45) is 5.50. The maximum absolute atomic E-state index is 9.37. The molecule has 2 fully saturated rings. The molecule has 2 bridgehead atoms. The molecule has 1 heteroatoms. The molecule has 0 aromatic carbocycles. The van der Waals surface area contributed by atoms with Crippen LogP contribution in [0.5, 0.6) is 0 Å². The zero-order valence-electron chi connectivity index (χ0n) is 6.59. The van der Waals surface area contributed by atoms with Crippen LogP contribution in [0.3, 0.4) is 0 Å². The maximum Gasteiger partial charge on any atom is 0.0543 e. The summed E-state index contributed by atoms with van der Waals surface area (Å²) in [5.74, 6) is 2.51. The molecular weight excluding hydrogens is 124 g/mol. The minimum Gasteiger partial charge on any atom is -0.393 e. The lowest BCUT2D eigenvalue weighted by Gasteiger charge is -2.23. The first-order valence-electron chi connectivity index (χ1n) is 4.45. The Hall–Kier alpha value is -0.0400. The molecule has 1 nitrogen and oxygen atoms in total. The fraction of sp³-hybridized carbons (Fsp3) is 1.00. The summed E-state index contributed by atoms with van der Waals surface area (Å²) in [5, 5.41) is 9.37. The molecule has 0 radical (unpaired) electrons. The van der Waals surface area contributed by atoms with Gasteiger partial charge in [0.25, 0.3) is 0 Å². The van der Waals surface area contributed by atoms with Gasteiger partial charge in [-0.25, -0.2) is 0 Å². The molecule has 0 aliphatic heterocycles. The molecule has 4 atom stereocenters. The molecule has 1 N–H and O–H groups in total. The van der Waals surface area contributed by atoms with Crippen LogP contribution in [0.2, 0.25) is 0 Å². The predicted molar refractivity (Wildman–Crippen MR) is 40.6 cm³/mol. The van der Waals surface area contributed by atoms with Gasteiger partial charge in [0, 0.05) is 0 Å². The van der Waals surface area contributed by atoms with Crippen molar-refractivity contribution in [2.45, 2.75) is 38.7 Å². The quantitative estimate of drug-likeness (QED) is 0.589. The van der Waals surface area contributed by atoms with Crippen LogP contribution < -0.4 is 0 Å². The summed E-state index contributed by atoms with van der Waals surface area (Å²) in [6.45, 7) is 1.95. The van der Waals surface area contributed by atoms with Gasteiger partial charge in [0.2, 0.25) is 0 Å². The molecule has 0 saturated heterocycles. The van der Waals surface area contributed by atoms with E-state index in [2.05, 4.69) is 0 Å². The number of hydrogen-bond acceptors (Lipinski definition) is 1. The Labute approximate surface area is 62.4 Å². The lowest BCUT2D eigenvalue weighted by molar-refractivity contribution is 0.0905. The van der Waals surface area contributed by atoms with E-state index in [1.165, 1.54) is 25.7 Å². The molecule has 0 aromatic heterocycles. The number of hydrogen-bond donors (Lipinski definition) is 1. The minimum absolute atomic E-state index is 0.0460. The topological polar surface area (TPSA) is 20.2 Å². The lowest BCUT2D eigenvalue weighted by atomic mass is 9.85. The van der Waals surface area contributed by atoms with E-state index in [1.54, 1.807) is 0 Å². The average Bonchev–Trinajstić information content (AvgIpc) is 2.44. The molecular formula is C9H16O. The first-order valence-corrected chi connectivity index (χ1v) is 4.45. The Bertz CT molecular complexity index is 131. The van der Waals surface area contributed by atoms with Crippen LogP contribution in [-0.2, 0) is 0 Å². The molecule has 2 aliphatic carbocycles. The Kier molecular flexibility index (Phi) is 1.48. The van der Waals surface area contributed by atoms with Crippen LogP contribution in [0.15, 0.2) is 0 Å². The average molecular weight is 140 g/mol. The highest BCUT2D eigenvalue weighted by Gasteiger charge is 2.41. The van der Waals surface area contributed by atoms with Crippen LogP contribution in [0.1, 0.15) is 32.6 Å². The van der Waals surface area contributed by atoms with Crippen molar-refractivity contribution in [3.63, 3.8) is 0 Å². The standard InChI is InChI=1S/C9H16O/c1-6(10)9-5-7-2-3-8(9)4-7/h6-10H,2-5H2,1H3. The summed E-state index contributed by atoms with van der Waals surface area (Å²) in [7, 11) is 0. The largest absolute Gasteiger partial charge is 0.393 e. The van der Waals surface area contributed by atoms with Gasteiger partial charge in [0.05, 0.1) is 6.10 Å². The summed E-state index contributed by atoms with van der Waals surface area (Å²) in [6, 6.07) is 0. The Balaban J connectivity index is 2.02. The highest BCUT2D eigenvalue weighted by Crippen LogP contribution is 2.49. The molecule has 4 unspecified atom stereocenters. The van der Waals surface area contributed by atoms with Crippen LogP contribution in [0, 0.1) is 17.8 Å². The van der Waals surface area contributed by atoms with Crippen LogP contribution >= 0.6 is 0 Å². The SMILES string of the molecule is CC(O)C1CC2CCC1C2. The fourth-order valence-corrected chi connectivity index (χ4v) is 2.88. The number of aliphatic hydroxyl groups is 1. The third kappa shape index (κ3) is 0.878. The van der Waals surface area contributed by atoms with Crippen molar-refractivity contribution < 1.29 is 5.11 Å². The van der Waals surface area contributed by atoms with Gasteiger partial charge in [-0.1, -0.05) is 6.42 Å². The van der Waals surface area contributed by atoms with Crippen molar-refractivity contribution in [2.24, 2.45) is 17.8 Å². The fourth-order valence-electron chi connectivity index (χ4n) is 2.88. The molecule has 0 amide bonds. The smallest absolute Gasteiger partial charge is 0.0543 e. The van der Waals surface area contributed by atoms with E-state index < -0.39 is 0 Å². The van der Waals surface area contributed by atoms with Crippen LogP contribution in [0.25, 0.3) is 0 Å². The van der Waals surface area contributed by atoms with Gasteiger partial charge in [-0.3, -0.25) is 0 Å². The van der Waals surface area contributed by atoms with Crippen LogP contribution in [0.4, 0.5) is 0 Å². The highest BCUT2D eigenvalue weighted by atomic mass is 16.3. The van der Waals surface area contributed by atoms with Gasteiger partial charge in [0.15, 0.2) is 0 Å². The van der Waals surface area contributed by atoms with Crippen molar-refractivity contribution in [1.29, 1.82) is 0 Å². The second kappa shape index (κ2) is 2.23. The van der Waals surface area contributed by atoms with Gasteiger partial charge in [-0.05, 0) is 43.9 Å². The van der Waals surface area contributed by atoms with Gasteiger partial charge < -0.3 is 5.11 Å². The molecule has 2 rings (SSSR count). The summed E-state index contributed by atoms with van der Waals surface area (Å²) in [4.78, 5) is 0. The Morgan fingerprint density at radius 3 is 2.40 bits per heavy atom. The van der Waals surface area contributed by atoms with Crippen molar-refractivity contribution in [1.82, 2.24) is 0 Å². The van der Waals surface area contributed by atoms with Crippen molar-refractivity contribution >= 4 is 0 Å². The van der Waals surface area contributed by atoms with Crippen molar-refractivity contribution in [3.8, 4) is 0 Å². The van der Waals surface area contributed by atoms with Crippen molar-refractivity contribution in [2.75, 3.05) is 0 Å². The highest BCUT2D eigenvalue weighted by molar-refractivity contribution is 4.91. The molecule has 58 valence electrons. The monoisotopic (exact) mass is 140 g/mol. The second-order valence-corrected chi connectivity index (χ2v) is 4.08. The third-order valence-electron chi connectivity index (χ3n) is 3.41. The zero-order valence-corrected chi connectivity index (χ0v) is 6.59. The summed E-state index contributed by atoms with van der Waals surface area (Å²) < 4.78 is 0. The molecule has 10 heavy (non-hydrogen) atoms. The van der Waals surface area contributed by atoms with E-state index in [4.69, 9.17) is 0 Å². The summed E-state index contributed by atoms with van der Waals surface area (Å²) in [5.41, 5.74) is 0. The molecule has 0 aromatic rings. The maximum atomic E-state index is 9.37. The van der Waals surface area contributed by atoms with E-state index in [0.717, 1.165) is 11.8 Å². The van der Waals surface area contributed by atoms with E-state index in [9.17, 15) is 5.11 Å². The normalized spacial score (nSPS) is 48.0. The lowest BCUT2D eigenvalue weighted by Crippen LogP contribution is -2.22. The Morgan fingerprint density at radius 1 is 1.30 bits per heavy atom. The Morgan fingerprint density at radius 2 is 2.10 bits per heavy atom. The first kappa shape index (κ1) is 6.66. The van der Waals surface area contributed by atoms with E-state index in [-0.39, 0.29) is 6.10 Å². The molecule has 2 saturated carbocycles. The third-order valence-corrected chi connectivity index (χ3v) is 3.41. The number of fused-ring (bicyclic) bond motifs is 2. The number of rotatable bonds is 1. The second-order valence-electron chi connectivity index (χ2n) is 4.08. The first-order chi connectivity index (χ1) is 4.77. The zero-order chi connectivity index (χ0) is 7.14.